The molecule has 2 unspecified atom stereocenters. The highest BCUT2D eigenvalue weighted by Gasteiger charge is 2.19. The first-order valence-electron chi connectivity index (χ1n) is 5.86. The minimum atomic E-state index is -0.269. The molecule has 0 heterocycles. The maximum Gasteiger partial charge on any atom is 0.115 e. The summed E-state index contributed by atoms with van der Waals surface area (Å²) >= 11 is 0. The average molecular weight is 218 g/mol. The topological polar surface area (TPSA) is 40.5 Å². The minimum absolute atomic E-state index is 0.269. The summed E-state index contributed by atoms with van der Waals surface area (Å²) in [4.78, 5) is 0. The molecular weight excluding hydrogens is 200 g/mol. The van der Waals surface area contributed by atoms with E-state index in [1.165, 1.54) is 0 Å². The second-order valence-corrected chi connectivity index (χ2v) is 4.48. The van der Waals surface area contributed by atoms with Crippen LogP contribution in [0.2, 0.25) is 0 Å². The SMILES string of the molecule is Oc1ccc(CC(O)C2CC=CCC2)cc1. The van der Waals surface area contributed by atoms with E-state index < -0.39 is 0 Å². The smallest absolute Gasteiger partial charge is 0.115 e. The van der Waals surface area contributed by atoms with E-state index in [4.69, 9.17) is 5.11 Å². The van der Waals surface area contributed by atoms with Crippen molar-refractivity contribution in [1.82, 2.24) is 0 Å². The van der Waals surface area contributed by atoms with Gasteiger partial charge >= 0.3 is 0 Å². The van der Waals surface area contributed by atoms with Gasteiger partial charge in [-0.1, -0.05) is 24.3 Å². The first kappa shape index (κ1) is 11.2. The van der Waals surface area contributed by atoms with E-state index in [2.05, 4.69) is 12.2 Å². The maximum atomic E-state index is 10.1. The van der Waals surface area contributed by atoms with Gasteiger partial charge < -0.3 is 10.2 Å². The maximum absolute atomic E-state index is 10.1. The highest BCUT2D eigenvalue weighted by molar-refractivity contribution is 5.26. The molecule has 2 rings (SSSR count). The lowest BCUT2D eigenvalue weighted by atomic mass is 9.86. The Morgan fingerprint density at radius 1 is 1.19 bits per heavy atom. The third kappa shape index (κ3) is 2.86. The van der Waals surface area contributed by atoms with Gasteiger partial charge in [0.2, 0.25) is 0 Å². The number of aliphatic hydroxyl groups excluding tert-OH is 1. The standard InChI is InChI=1S/C14H18O2/c15-13-8-6-11(7-9-13)10-14(16)12-4-2-1-3-5-12/h1-2,6-9,12,14-16H,3-5,10H2. The second-order valence-electron chi connectivity index (χ2n) is 4.48. The molecule has 0 radical (unpaired) electrons. The number of phenolic OH excluding ortho intramolecular Hbond substituents is 1. The highest BCUT2D eigenvalue weighted by atomic mass is 16.3. The number of benzene rings is 1. The number of phenols is 1. The van der Waals surface area contributed by atoms with Crippen LogP contribution in [-0.4, -0.2) is 16.3 Å². The quantitative estimate of drug-likeness (QED) is 0.766. The molecule has 0 aliphatic heterocycles. The Morgan fingerprint density at radius 3 is 2.56 bits per heavy atom. The van der Waals surface area contributed by atoms with E-state index in [0.717, 1.165) is 24.8 Å². The summed E-state index contributed by atoms with van der Waals surface area (Å²) < 4.78 is 0. The molecule has 1 aliphatic carbocycles. The van der Waals surface area contributed by atoms with Gasteiger partial charge in [0.25, 0.3) is 0 Å². The summed E-state index contributed by atoms with van der Waals surface area (Å²) in [6, 6.07) is 7.08. The monoisotopic (exact) mass is 218 g/mol. The number of aromatic hydroxyl groups is 1. The lowest BCUT2D eigenvalue weighted by molar-refractivity contribution is 0.102. The van der Waals surface area contributed by atoms with Crippen molar-refractivity contribution in [2.75, 3.05) is 0 Å². The molecule has 1 aliphatic rings. The molecule has 0 amide bonds. The summed E-state index contributed by atoms with van der Waals surface area (Å²) in [5.41, 5.74) is 1.08. The van der Waals surface area contributed by atoms with Crippen LogP contribution in [0.1, 0.15) is 24.8 Å². The zero-order valence-electron chi connectivity index (χ0n) is 9.34. The number of aliphatic hydroxyl groups is 1. The molecule has 2 atom stereocenters. The zero-order valence-corrected chi connectivity index (χ0v) is 9.34. The van der Waals surface area contributed by atoms with E-state index >= 15 is 0 Å². The van der Waals surface area contributed by atoms with Crippen molar-refractivity contribution < 1.29 is 10.2 Å². The summed E-state index contributed by atoms with van der Waals surface area (Å²) in [5, 5.41) is 19.3. The van der Waals surface area contributed by atoms with Crippen molar-refractivity contribution in [3.8, 4) is 5.75 Å². The number of hydrogen-bond donors (Lipinski definition) is 2. The molecule has 2 nitrogen and oxygen atoms in total. The van der Waals surface area contributed by atoms with Crippen LogP contribution in [-0.2, 0) is 6.42 Å². The molecule has 0 bridgehead atoms. The third-order valence-electron chi connectivity index (χ3n) is 3.23. The molecule has 86 valence electrons. The van der Waals surface area contributed by atoms with Crippen LogP contribution in [0.4, 0.5) is 0 Å². The fourth-order valence-electron chi connectivity index (χ4n) is 2.21. The van der Waals surface area contributed by atoms with Gasteiger partial charge in [0.15, 0.2) is 0 Å². The van der Waals surface area contributed by atoms with Crippen molar-refractivity contribution >= 4 is 0 Å². The van der Waals surface area contributed by atoms with Crippen LogP contribution in [0.15, 0.2) is 36.4 Å². The second kappa shape index (κ2) is 5.17. The summed E-state index contributed by atoms with van der Waals surface area (Å²) in [7, 11) is 0. The Bertz CT molecular complexity index is 354. The van der Waals surface area contributed by atoms with E-state index in [9.17, 15) is 5.11 Å². The Balaban J connectivity index is 1.93. The molecule has 0 fully saturated rings. The van der Waals surface area contributed by atoms with E-state index in [-0.39, 0.29) is 11.9 Å². The number of hydrogen-bond acceptors (Lipinski definition) is 2. The highest BCUT2D eigenvalue weighted by Crippen LogP contribution is 2.24. The number of allylic oxidation sites excluding steroid dienone is 2. The normalized spacial score (nSPS) is 21.9. The van der Waals surface area contributed by atoms with Crippen LogP contribution >= 0.6 is 0 Å². The Hall–Kier alpha value is -1.28. The number of rotatable bonds is 3. The van der Waals surface area contributed by atoms with Crippen LogP contribution in [0.5, 0.6) is 5.75 Å². The van der Waals surface area contributed by atoms with Gasteiger partial charge in [0.05, 0.1) is 6.10 Å². The van der Waals surface area contributed by atoms with Gasteiger partial charge in [0.1, 0.15) is 5.75 Å². The Kier molecular flexibility index (Phi) is 3.62. The van der Waals surface area contributed by atoms with Crippen LogP contribution in [0, 0.1) is 5.92 Å². The average Bonchev–Trinajstić information content (AvgIpc) is 2.33. The van der Waals surface area contributed by atoms with Gasteiger partial charge in [-0.15, -0.1) is 0 Å². The van der Waals surface area contributed by atoms with Crippen LogP contribution in [0.3, 0.4) is 0 Å². The molecule has 0 saturated carbocycles. The van der Waals surface area contributed by atoms with Crippen LogP contribution in [0.25, 0.3) is 0 Å². The van der Waals surface area contributed by atoms with Gasteiger partial charge in [-0.3, -0.25) is 0 Å². The van der Waals surface area contributed by atoms with Crippen molar-refractivity contribution in [2.45, 2.75) is 31.8 Å². The lowest BCUT2D eigenvalue weighted by Crippen LogP contribution is -2.23. The molecular formula is C14H18O2. The first-order chi connectivity index (χ1) is 7.75. The van der Waals surface area contributed by atoms with E-state index in [1.54, 1.807) is 12.1 Å². The van der Waals surface area contributed by atoms with E-state index in [1.807, 2.05) is 12.1 Å². The third-order valence-corrected chi connectivity index (χ3v) is 3.23. The molecule has 2 N–H and O–H groups in total. The van der Waals surface area contributed by atoms with Gasteiger partial charge in [0, 0.05) is 0 Å². The first-order valence-corrected chi connectivity index (χ1v) is 5.86. The van der Waals surface area contributed by atoms with Gasteiger partial charge in [-0.2, -0.15) is 0 Å². The molecule has 2 heteroatoms. The molecule has 0 aromatic heterocycles. The van der Waals surface area contributed by atoms with Gasteiger partial charge in [-0.25, -0.2) is 0 Å². The van der Waals surface area contributed by atoms with Crippen molar-refractivity contribution in [1.29, 1.82) is 0 Å². The summed E-state index contributed by atoms with van der Waals surface area (Å²) in [6.45, 7) is 0. The van der Waals surface area contributed by atoms with Crippen LogP contribution < -0.4 is 0 Å². The summed E-state index contributed by atoms with van der Waals surface area (Å²) in [5.74, 6) is 0.664. The summed E-state index contributed by atoms with van der Waals surface area (Å²) in [6.07, 6.45) is 7.90. The predicted octanol–water partition coefficient (Wildman–Crippen LogP) is 2.65. The molecule has 1 aromatic carbocycles. The largest absolute Gasteiger partial charge is 0.508 e. The fraction of sp³-hybridized carbons (Fsp3) is 0.429. The van der Waals surface area contributed by atoms with Gasteiger partial charge in [-0.05, 0) is 49.3 Å². The fourth-order valence-corrected chi connectivity index (χ4v) is 2.21. The molecule has 1 aromatic rings. The van der Waals surface area contributed by atoms with E-state index in [0.29, 0.717) is 12.3 Å². The Morgan fingerprint density at radius 2 is 1.94 bits per heavy atom. The molecule has 0 spiro atoms. The lowest BCUT2D eigenvalue weighted by Gasteiger charge is -2.23. The molecule has 16 heavy (non-hydrogen) atoms. The Labute approximate surface area is 96.2 Å². The predicted molar refractivity (Wildman–Crippen MR) is 64.3 cm³/mol. The van der Waals surface area contributed by atoms with Crippen molar-refractivity contribution in [3.63, 3.8) is 0 Å². The molecule has 0 saturated heterocycles. The zero-order chi connectivity index (χ0) is 11.4. The van der Waals surface area contributed by atoms with Crippen molar-refractivity contribution in [3.05, 3.63) is 42.0 Å². The minimum Gasteiger partial charge on any atom is -0.508 e. The van der Waals surface area contributed by atoms with Crippen molar-refractivity contribution in [2.24, 2.45) is 5.92 Å².